The van der Waals surface area contributed by atoms with Crippen molar-refractivity contribution in [1.29, 1.82) is 0 Å². The molecule has 0 aliphatic carbocycles. The van der Waals surface area contributed by atoms with Crippen molar-refractivity contribution in [2.75, 3.05) is 5.32 Å². The van der Waals surface area contributed by atoms with Gasteiger partial charge in [-0.1, -0.05) is 67.9 Å². The lowest BCUT2D eigenvalue weighted by Crippen LogP contribution is -2.26. The number of carbonyl (C=O) groups is 1. The minimum Gasteiger partial charge on any atom is -0.326 e. The van der Waals surface area contributed by atoms with E-state index in [9.17, 15) is 13.2 Å². The molecule has 6 heteroatoms. The van der Waals surface area contributed by atoms with Crippen molar-refractivity contribution in [3.8, 4) is 0 Å². The molecule has 3 aromatic rings. The van der Waals surface area contributed by atoms with Crippen LogP contribution in [0.5, 0.6) is 0 Å². The highest BCUT2D eigenvalue weighted by Crippen LogP contribution is 2.18. The van der Waals surface area contributed by atoms with Crippen molar-refractivity contribution < 1.29 is 13.2 Å². The number of hydrogen-bond acceptors (Lipinski definition) is 3. The molecule has 0 unspecified atom stereocenters. The van der Waals surface area contributed by atoms with E-state index in [1.165, 1.54) is 5.56 Å². The molecule has 174 valence electrons. The number of amides is 1. The lowest BCUT2D eigenvalue weighted by atomic mass is 10.1. The summed E-state index contributed by atoms with van der Waals surface area (Å²) in [4.78, 5) is 12.5. The highest BCUT2D eigenvalue weighted by Gasteiger charge is 2.18. The number of anilines is 1. The van der Waals surface area contributed by atoms with E-state index in [2.05, 4.69) is 29.1 Å². The fraction of sp³-hybridized carbons (Fsp3) is 0.296. The zero-order valence-corrected chi connectivity index (χ0v) is 20.1. The zero-order chi connectivity index (χ0) is 23.7. The van der Waals surface area contributed by atoms with Crippen LogP contribution in [0.3, 0.4) is 0 Å². The number of sulfonamides is 1. The number of rotatable bonds is 11. The first-order valence-corrected chi connectivity index (χ1v) is 12.9. The second-order valence-corrected chi connectivity index (χ2v) is 9.96. The van der Waals surface area contributed by atoms with Crippen LogP contribution in [0, 0.1) is 0 Å². The smallest absolute Gasteiger partial charge is 0.241 e. The van der Waals surface area contributed by atoms with E-state index in [1.807, 2.05) is 49.4 Å². The van der Waals surface area contributed by atoms with Gasteiger partial charge in [0.1, 0.15) is 0 Å². The number of unbranched alkanes of at least 4 members (excludes halogenated alkanes) is 1. The van der Waals surface area contributed by atoms with E-state index in [-0.39, 0.29) is 16.8 Å². The summed E-state index contributed by atoms with van der Waals surface area (Å²) in [6, 6.07) is 23.8. The van der Waals surface area contributed by atoms with Gasteiger partial charge in [-0.2, -0.15) is 0 Å². The SMILES string of the molecule is CCCCc1ccc(NC(=O)CCc2ccc(S(=O)(=O)N[C@@H](C)c3ccccc3)cc2)cc1. The quantitative estimate of drug-likeness (QED) is 0.386. The molecular formula is C27H32N2O3S. The lowest BCUT2D eigenvalue weighted by Gasteiger charge is -2.15. The van der Waals surface area contributed by atoms with Gasteiger partial charge in [-0.05, 0) is 67.1 Å². The summed E-state index contributed by atoms with van der Waals surface area (Å²) < 4.78 is 28.1. The van der Waals surface area contributed by atoms with Crippen LogP contribution in [0.15, 0.2) is 83.8 Å². The molecule has 0 aliphatic rings. The van der Waals surface area contributed by atoms with Gasteiger partial charge in [0.05, 0.1) is 4.90 Å². The predicted molar refractivity (Wildman–Crippen MR) is 134 cm³/mol. The maximum atomic E-state index is 12.7. The van der Waals surface area contributed by atoms with E-state index in [0.29, 0.717) is 12.8 Å². The molecule has 0 fully saturated rings. The summed E-state index contributed by atoms with van der Waals surface area (Å²) >= 11 is 0. The highest BCUT2D eigenvalue weighted by molar-refractivity contribution is 7.89. The van der Waals surface area contributed by atoms with Crippen molar-refractivity contribution in [3.63, 3.8) is 0 Å². The average Bonchev–Trinajstić information content (AvgIpc) is 2.83. The minimum atomic E-state index is -3.64. The highest BCUT2D eigenvalue weighted by atomic mass is 32.2. The summed E-state index contributed by atoms with van der Waals surface area (Å²) in [5.41, 5.74) is 3.88. The molecule has 0 aromatic heterocycles. The molecular weight excluding hydrogens is 432 g/mol. The Morgan fingerprint density at radius 2 is 1.45 bits per heavy atom. The standard InChI is InChI=1S/C27H32N2O3S/c1-3-4-8-22-11-16-25(17-12-22)28-27(30)20-15-23-13-18-26(19-14-23)33(31,32)29-21(2)24-9-6-5-7-10-24/h5-7,9-14,16-19,21,29H,3-4,8,15,20H2,1-2H3,(H,28,30)/t21-/m0/s1. The van der Waals surface area contributed by atoms with E-state index in [0.717, 1.165) is 36.1 Å². The second kappa shape index (κ2) is 11.8. The van der Waals surface area contributed by atoms with Crippen LogP contribution in [-0.2, 0) is 27.7 Å². The summed E-state index contributed by atoms with van der Waals surface area (Å²) in [5.74, 6) is -0.0636. The van der Waals surface area contributed by atoms with Crippen molar-refractivity contribution in [2.24, 2.45) is 0 Å². The van der Waals surface area contributed by atoms with Crippen LogP contribution in [-0.4, -0.2) is 14.3 Å². The Hall–Kier alpha value is -2.96. The maximum Gasteiger partial charge on any atom is 0.241 e. The molecule has 2 N–H and O–H groups in total. The van der Waals surface area contributed by atoms with Gasteiger partial charge in [-0.3, -0.25) is 4.79 Å². The molecule has 1 atom stereocenters. The molecule has 0 aliphatic heterocycles. The average molecular weight is 465 g/mol. The van der Waals surface area contributed by atoms with Crippen molar-refractivity contribution in [2.45, 2.75) is 56.9 Å². The fourth-order valence-electron chi connectivity index (χ4n) is 3.56. The minimum absolute atomic E-state index is 0.0636. The normalized spacial score (nSPS) is 12.3. The molecule has 5 nitrogen and oxygen atoms in total. The van der Waals surface area contributed by atoms with Gasteiger partial charge in [0.15, 0.2) is 0 Å². The first-order chi connectivity index (χ1) is 15.9. The van der Waals surface area contributed by atoms with Crippen LogP contribution in [0.25, 0.3) is 0 Å². The summed E-state index contributed by atoms with van der Waals surface area (Å²) in [6.07, 6.45) is 4.24. The van der Waals surface area contributed by atoms with E-state index in [1.54, 1.807) is 24.3 Å². The van der Waals surface area contributed by atoms with Crippen LogP contribution < -0.4 is 10.0 Å². The monoisotopic (exact) mass is 464 g/mol. The van der Waals surface area contributed by atoms with E-state index >= 15 is 0 Å². The van der Waals surface area contributed by atoms with Crippen LogP contribution in [0.1, 0.15) is 55.8 Å². The Kier molecular flexibility index (Phi) is 8.80. The van der Waals surface area contributed by atoms with Crippen molar-refractivity contribution in [3.05, 3.63) is 95.6 Å². The fourth-order valence-corrected chi connectivity index (χ4v) is 4.79. The Balaban J connectivity index is 1.51. The Morgan fingerprint density at radius 1 is 0.848 bits per heavy atom. The number of aryl methyl sites for hydroxylation is 2. The molecule has 0 saturated heterocycles. The topological polar surface area (TPSA) is 75.3 Å². The molecule has 33 heavy (non-hydrogen) atoms. The Bertz CT molecular complexity index is 1130. The number of nitrogens with one attached hydrogen (secondary N) is 2. The third kappa shape index (κ3) is 7.55. The summed E-state index contributed by atoms with van der Waals surface area (Å²) in [5, 5.41) is 2.92. The Morgan fingerprint density at radius 3 is 2.09 bits per heavy atom. The third-order valence-electron chi connectivity index (χ3n) is 5.56. The van der Waals surface area contributed by atoms with Gasteiger partial charge < -0.3 is 5.32 Å². The molecule has 3 aromatic carbocycles. The molecule has 0 heterocycles. The molecule has 0 saturated carbocycles. The predicted octanol–water partition coefficient (Wildman–Crippen LogP) is 5.64. The third-order valence-corrected chi connectivity index (χ3v) is 7.12. The Labute approximate surface area is 197 Å². The number of hydrogen-bond donors (Lipinski definition) is 2. The summed E-state index contributed by atoms with van der Waals surface area (Å²) in [7, 11) is -3.64. The largest absolute Gasteiger partial charge is 0.326 e. The van der Waals surface area contributed by atoms with Gasteiger partial charge >= 0.3 is 0 Å². The number of benzene rings is 3. The first kappa shape index (κ1) is 24.7. The number of carbonyl (C=O) groups excluding carboxylic acids is 1. The van der Waals surface area contributed by atoms with E-state index in [4.69, 9.17) is 0 Å². The van der Waals surface area contributed by atoms with E-state index < -0.39 is 10.0 Å². The van der Waals surface area contributed by atoms with Crippen LogP contribution in [0.2, 0.25) is 0 Å². The van der Waals surface area contributed by atoms with Gasteiger partial charge in [0.25, 0.3) is 0 Å². The molecule has 0 spiro atoms. The maximum absolute atomic E-state index is 12.7. The summed E-state index contributed by atoms with van der Waals surface area (Å²) in [6.45, 7) is 3.99. The molecule has 3 rings (SSSR count). The molecule has 0 bridgehead atoms. The van der Waals surface area contributed by atoms with Crippen LogP contribution in [0.4, 0.5) is 5.69 Å². The zero-order valence-electron chi connectivity index (χ0n) is 19.3. The second-order valence-electron chi connectivity index (χ2n) is 8.25. The van der Waals surface area contributed by atoms with Gasteiger partial charge in [-0.25, -0.2) is 13.1 Å². The van der Waals surface area contributed by atoms with Crippen molar-refractivity contribution in [1.82, 2.24) is 4.72 Å². The van der Waals surface area contributed by atoms with Gasteiger partial charge in [0.2, 0.25) is 15.9 Å². The molecule has 1 amide bonds. The molecule has 0 radical (unpaired) electrons. The van der Waals surface area contributed by atoms with Crippen molar-refractivity contribution >= 4 is 21.6 Å². The first-order valence-electron chi connectivity index (χ1n) is 11.4. The van der Waals surface area contributed by atoms with Crippen LogP contribution >= 0.6 is 0 Å². The lowest BCUT2D eigenvalue weighted by molar-refractivity contribution is -0.116. The van der Waals surface area contributed by atoms with Gasteiger partial charge in [-0.15, -0.1) is 0 Å². The van der Waals surface area contributed by atoms with Gasteiger partial charge in [0, 0.05) is 18.2 Å².